The molecule has 2 N–H and O–H groups in total. The normalized spacial score (nSPS) is 10.4. The molecule has 0 fully saturated rings. The minimum atomic E-state index is -0.376. The average Bonchev–Trinajstić information content (AvgIpc) is 2.70. The van der Waals surface area contributed by atoms with Crippen molar-refractivity contribution in [2.24, 2.45) is 0 Å². The van der Waals surface area contributed by atoms with Crippen molar-refractivity contribution in [1.29, 1.82) is 0 Å². The second-order valence-corrected chi connectivity index (χ2v) is 6.71. The largest absolute Gasteiger partial charge is 0.497 e. The lowest BCUT2D eigenvalue weighted by Gasteiger charge is -2.14. The fraction of sp³-hybridized carbons (Fsp3) is 0.227. The van der Waals surface area contributed by atoms with Crippen molar-refractivity contribution in [3.63, 3.8) is 0 Å². The number of nitrogens with one attached hydrogen (secondary N) is 2. The van der Waals surface area contributed by atoms with E-state index in [9.17, 15) is 4.79 Å². The first-order chi connectivity index (χ1) is 13.9. The summed E-state index contributed by atoms with van der Waals surface area (Å²) in [4.78, 5) is 21.1. The zero-order chi connectivity index (χ0) is 21.0. The third-order valence-corrected chi connectivity index (χ3v) is 4.48. The van der Waals surface area contributed by atoms with E-state index >= 15 is 0 Å². The summed E-state index contributed by atoms with van der Waals surface area (Å²) in [5.74, 6) is 1.30. The first-order valence-electron chi connectivity index (χ1n) is 9.11. The van der Waals surface area contributed by atoms with E-state index in [1.807, 2.05) is 13.8 Å². The van der Waals surface area contributed by atoms with Gasteiger partial charge in [-0.1, -0.05) is 17.7 Å². The highest BCUT2D eigenvalue weighted by Crippen LogP contribution is 2.29. The highest BCUT2D eigenvalue weighted by Gasteiger charge is 2.14. The zero-order valence-electron chi connectivity index (χ0n) is 17.2. The molecule has 0 unspecified atom stereocenters. The molecule has 150 valence electrons. The van der Waals surface area contributed by atoms with E-state index in [-0.39, 0.29) is 11.6 Å². The molecule has 0 radical (unpaired) electrons. The number of ether oxygens (including phenoxy) is 2. The Hall–Kier alpha value is -3.61. The lowest BCUT2D eigenvalue weighted by molar-refractivity contribution is 0.102. The van der Waals surface area contributed by atoms with Gasteiger partial charge in [-0.25, -0.2) is 9.97 Å². The molecule has 1 aromatic heterocycles. The minimum Gasteiger partial charge on any atom is -0.497 e. The molecule has 7 heteroatoms. The molecule has 3 aromatic rings. The van der Waals surface area contributed by atoms with Crippen LogP contribution >= 0.6 is 0 Å². The number of carbonyl (C=O) groups is 1. The van der Waals surface area contributed by atoms with Crippen LogP contribution in [-0.4, -0.2) is 30.1 Å². The molecule has 0 atom stereocenters. The number of anilines is 3. The van der Waals surface area contributed by atoms with Crippen LogP contribution in [0.5, 0.6) is 11.5 Å². The molecular formula is C22H24N4O3. The lowest BCUT2D eigenvalue weighted by Crippen LogP contribution is -2.15. The molecular weight excluding hydrogens is 368 g/mol. The van der Waals surface area contributed by atoms with Crippen LogP contribution in [0.1, 0.15) is 27.2 Å². The van der Waals surface area contributed by atoms with Crippen LogP contribution in [0.3, 0.4) is 0 Å². The van der Waals surface area contributed by atoms with Gasteiger partial charge in [0.15, 0.2) is 0 Å². The zero-order valence-corrected chi connectivity index (χ0v) is 17.2. The standard InChI is InChI=1S/C22H24N4O3/c1-13-8-14(2)21(15(3)9-13)26-20-11-18(23-12-24-20)22(27)25-17-10-16(28-4)6-7-19(17)29-5/h6-12H,1-5H3,(H,25,27)(H,23,24,26). The molecule has 7 nitrogen and oxygen atoms in total. The van der Waals surface area contributed by atoms with Crippen molar-refractivity contribution in [3.05, 3.63) is 65.1 Å². The van der Waals surface area contributed by atoms with E-state index in [1.165, 1.54) is 19.0 Å². The summed E-state index contributed by atoms with van der Waals surface area (Å²) in [5, 5.41) is 6.10. The third kappa shape index (κ3) is 4.63. The molecule has 1 heterocycles. The molecule has 0 aliphatic rings. The van der Waals surface area contributed by atoms with Gasteiger partial charge in [-0.05, 0) is 44.0 Å². The van der Waals surface area contributed by atoms with E-state index in [0.29, 0.717) is 23.0 Å². The number of aromatic nitrogens is 2. The summed E-state index contributed by atoms with van der Waals surface area (Å²) in [6.45, 7) is 6.13. The number of hydrogen-bond donors (Lipinski definition) is 2. The Bertz CT molecular complexity index is 1030. The van der Waals surface area contributed by atoms with Crippen LogP contribution in [0.2, 0.25) is 0 Å². The van der Waals surface area contributed by atoms with Crippen molar-refractivity contribution in [2.45, 2.75) is 20.8 Å². The molecule has 0 spiro atoms. The van der Waals surface area contributed by atoms with Gasteiger partial charge in [0.1, 0.15) is 29.3 Å². The Morgan fingerprint density at radius 2 is 1.66 bits per heavy atom. The predicted molar refractivity (Wildman–Crippen MR) is 113 cm³/mol. The van der Waals surface area contributed by atoms with Gasteiger partial charge in [-0.15, -0.1) is 0 Å². The highest BCUT2D eigenvalue weighted by molar-refractivity contribution is 6.04. The van der Waals surface area contributed by atoms with Crippen LogP contribution < -0.4 is 20.1 Å². The van der Waals surface area contributed by atoms with Crippen LogP contribution in [0, 0.1) is 20.8 Å². The van der Waals surface area contributed by atoms with Gasteiger partial charge in [-0.2, -0.15) is 0 Å². The fourth-order valence-corrected chi connectivity index (χ4v) is 3.15. The first kappa shape index (κ1) is 20.1. The van der Waals surface area contributed by atoms with Crippen molar-refractivity contribution >= 4 is 23.1 Å². The van der Waals surface area contributed by atoms with Gasteiger partial charge in [0, 0.05) is 17.8 Å². The maximum absolute atomic E-state index is 12.7. The average molecular weight is 392 g/mol. The Labute approximate surface area is 170 Å². The highest BCUT2D eigenvalue weighted by atomic mass is 16.5. The predicted octanol–water partition coefficient (Wildman–Crippen LogP) is 4.41. The van der Waals surface area contributed by atoms with Crippen molar-refractivity contribution in [1.82, 2.24) is 9.97 Å². The minimum absolute atomic E-state index is 0.231. The Balaban J connectivity index is 1.84. The summed E-state index contributed by atoms with van der Waals surface area (Å²) < 4.78 is 10.5. The van der Waals surface area contributed by atoms with Gasteiger partial charge in [-0.3, -0.25) is 4.79 Å². The number of carbonyl (C=O) groups excluding carboxylic acids is 1. The van der Waals surface area contributed by atoms with E-state index < -0.39 is 0 Å². The van der Waals surface area contributed by atoms with Gasteiger partial charge in [0.05, 0.1) is 19.9 Å². The van der Waals surface area contributed by atoms with E-state index in [0.717, 1.165) is 16.8 Å². The quantitative estimate of drug-likeness (QED) is 0.646. The second kappa shape index (κ2) is 8.60. The second-order valence-electron chi connectivity index (χ2n) is 6.71. The number of benzene rings is 2. The molecule has 1 amide bonds. The molecule has 0 aliphatic carbocycles. The summed E-state index contributed by atoms with van der Waals surface area (Å²) >= 11 is 0. The number of rotatable bonds is 6. The molecule has 0 aliphatic heterocycles. The van der Waals surface area contributed by atoms with Crippen LogP contribution in [0.25, 0.3) is 0 Å². The van der Waals surface area contributed by atoms with Crippen LogP contribution in [0.4, 0.5) is 17.2 Å². The molecule has 0 bridgehead atoms. The van der Waals surface area contributed by atoms with Gasteiger partial charge in [0.25, 0.3) is 5.91 Å². The Kier molecular flexibility index (Phi) is 5.97. The summed E-state index contributed by atoms with van der Waals surface area (Å²) in [6, 6.07) is 11.0. The van der Waals surface area contributed by atoms with Gasteiger partial charge in [0.2, 0.25) is 0 Å². The van der Waals surface area contributed by atoms with Gasteiger partial charge < -0.3 is 20.1 Å². The maximum Gasteiger partial charge on any atom is 0.274 e. The van der Waals surface area contributed by atoms with E-state index in [1.54, 1.807) is 31.4 Å². The monoisotopic (exact) mass is 392 g/mol. The number of methoxy groups -OCH3 is 2. The number of amides is 1. The molecule has 3 rings (SSSR count). The molecule has 29 heavy (non-hydrogen) atoms. The van der Waals surface area contributed by atoms with Crippen molar-refractivity contribution in [2.75, 3.05) is 24.9 Å². The Morgan fingerprint density at radius 1 is 0.931 bits per heavy atom. The summed E-state index contributed by atoms with van der Waals surface area (Å²) in [5.41, 5.74) is 5.10. The first-order valence-corrected chi connectivity index (χ1v) is 9.11. The summed E-state index contributed by atoms with van der Waals surface area (Å²) in [7, 11) is 3.10. The topological polar surface area (TPSA) is 85.4 Å². The Morgan fingerprint density at radius 3 is 2.31 bits per heavy atom. The number of nitrogens with zero attached hydrogens (tertiary/aromatic N) is 2. The van der Waals surface area contributed by atoms with Crippen LogP contribution in [0.15, 0.2) is 42.7 Å². The van der Waals surface area contributed by atoms with E-state index in [2.05, 4.69) is 39.7 Å². The third-order valence-electron chi connectivity index (χ3n) is 4.48. The van der Waals surface area contributed by atoms with Crippen LogP contribution in [-0.2, 0) is 0 Å². The van der Waals surface area contributed by atoms with Crippen molar-refractivity contribution in [3.8, 4) is 11.5 Å². The maximum atomic E-state index is 12.7. The molecule has 2 aromatic carbocycles. The van der Waals surface area contributed by atoms with E-state index in [4.69, 9.17) is 9.47 Å². The number of hydrogen-bond acceptors (Lipinski definition) is 6. The molecule has 0 saturated carbocycles. The molecule has 0 saturated heterocycles. The van der Waals surface area contributed by atoms with Crippen molar-refractivity contribution < 1.29 is 14.3 Å². The smallest absolute Gasteiger partial charge is 0.274 e. The SMILES string of the molecule is COc1ccc(OC)c(NC(=O)c2cc(Nc3c(C)cc(C)cc3C)ncn2)c1. The number of aryl methyl sites for hydroxylation is 3. The van der Waals surface area contributed by atoms with Gasteiger partial charge >= 0.3 is 0 Å². The fourth-order valence-electron chi connectivity index (χ4n) is 3.15. The summed E-state index contributed by atoms with van der Waals surface area (Å²) in [6.07, 6.45) is 1.36. The lowest BCUT2D eigenvalue weighted by atomic mass is 10.1.